The van der Waals surface area contributed by atoms with Crippen LogP contribution in [0.1, 0.15) is 42.9 Å². The molecule has 0 bridgehead atoms. The van der Waals surface area contributed by atoms with E-state index in [1.807, 2.05) is 26.0 Å². The third-order valence-electron chi connectivity index (χ3n) is 6.04. The van der Waals surface area contributed by atoms with Gasteiger partial charge in [0.2, 0.25) is 5.91 Å². The largest absolute Gasteiger partial charge is 0.435 e. The summed E-state index contributed by atoms with van der Waals surface area (Å²) in [6.45, 7) is 4.99. The van der Waals surface area contributed by atoms with Crippen LogP contribution in [0.25, 0.3) is 0 Å². The molecule has 0 radical (unpaired) electrons. The molecular formula is C23H20Cl3F3N2O2. The van der Waals surface area contributed by atoms with E-state index in [-0.39, 0.29) is 44.1 Å². The van der Waals surface area contributed by atoms with Crippen LogP contribution in [0.3, 0.4) is 0 Å². The highest BCUT2D eigenvalue weighted by Gasteiger charge is 2.62. The molecule has 4 rings (SSSR count). The van der Waals surface area contributed by atoms with Crippen LogP contribution in [-0.4, -0.2) is 35.8 Å². The third kappa shape index (κ3) is 4.31. The molecule has 33 heavy (non-hydrogen) atoms. The number of oxime groups is 1. The van der Waals surface area contributed by atoms with Crippen molar-refractivity contribution in [1.82, 2.24) is 4.90 Å². The predicted octanol–water partition coefficient (Wildman–Crippen LogP) is 6.81. The van der Waals surface area contributed by atoms with Gasteiger partial charge >= 0.3 is 6.18 Å². The van der Waals surface area contributed by atoms with Crippen molar-refractivity contribution in [3.05, 3.63) is 68.2 Å². The summed E-state index contributed by atoms with van der Waals surface area (Å²) in [5.74, 6) is 0.273. The first kappa shape index (κ1) is 24.2. The number of carbonyl (C=O) groups excluding carboxylic acids is 1. The fourth-order valence-electron chi connectivity index (χ4n) is 4.03. The maximum atomic E-state index is 14.2. The van der Waals surface area contributed by atoms with Crippen LogP contribution >= 0.6 is 34.8 Å². The molecule has 0 N–H and O–H groups in total. The maximum absolute atomic E-state index is 14.2. The van der Waals surface area contributed by atoms with Crippen molar-refractivity contribution < 1.29 is 22.8 Å². The Morgan fingerprint density at radius 3 is 2.21 bits per heavy atom. The molecule has 1 atom stereocenters. The first-order valence-electron chi connectivity index (χ1n) is 10.3. The Kier molecular flexibility index (Phi) is 6.35. The van der Waals surface area contributed by atoms with Crippen LogP contribution in [0, 0.1) is 5.92 Å². The molecule has 2 aromatic rings. The van der Waals surface area contributed by atoms with Gasteiger partial charge in [-0.15, -0.1) is 0 Å². The predicted molar refractivity (Wildman–Crippen MR) is 122 cm³/mol. The molecule has 2 heterocycles. The summed E-state index contributed by atoms with van der Waals surface area (Å²) < 4.78 is 42.6. The van der Waals surface area contributed by atoms with E-state index in [1.165, 1.54) is 0 Å². The lowest BCUT2D eigenvalue weighted by molar-refractivity contribution is -0.275. The van der Waals surface area contributed by atoms with Crippen molar-refractivity contribution in [2.45, 2.75) is 38.0 Å². The van der Waals surface area contributed by atoms with Gasteiger partial charge in [0.15, 0.2) is 0 Å². The van der Waals surface area contributed by atoms with Crippen molar-refractivity contribution in [2.24, 2.45) is 11.1 Å². The topological polar surface area (TPSA) is 41.9 Å². The van der Waals surface area contributed by atoms with Crippen molar-refractivity contribution in [3.8, 4) is 0 Å². The number of likely N-dealkylation sites (tertiary alicyclic amines) is 1. The lowest BCUT2D eigenvalue weighted by Gasteiger charge is -2.40. The van der Waals surface area contributed by atoms with Gasteiger partial charge in [-0.2, -0.15) is 13.2 Å². The average Bonchev–Trinajstić information content (AvgIpc) is 3.18. The molecule has 10 heteroatoms. The Hall–Kier alpha value is -1.96. The Balaban J connectivity index is 1.53. The van der Waals surface area contributed by atoms with Crippen LogP contribution in [0.5, 0.6) is 0 Å². The number of hydrogen-bond acceptors (Lipinski definition) is 3. The van der Waals surface area contributed by atoms with Gasteiger partial charge in [-0.25, -0.2) is 0 Å². The van der Waals surface area contributed by atoms with Gasteiger partial charge in [0.05, 0.1) is 20.8 Å². The highest BCUT2D eigenvalue weighted by Crippen LogP contribution is 2.50. The molecule has 1 saturated heterocycles. The van der Waals surface area contributed by atoms with Gasteiger partial charge in [0.25, 0.3) is 5.60 Å². The van der Waals surface area contributed by atoms with Gasteiger partial charge < -0.3 is 9.74 Å². The molecule has 4 nitrogen and oxygen atoms in total. The summed E-state index contributed by atoms with van der Waals surface area (Å²) in [5.41, 5.74) is -1.29. The summed E-state index contributed by atoms with van der Waals surface area (Å²) in [6.07, 6.45) is -5.32. The Morgan fingerprint density at radius 2 is 1.70 bits per heavy atom. The molecule has 1 fully saturated rings. The lowest BCUT2D eigenvalue weighted by atomic mass is 9.85. The number of carbonyl (C=O) groups is 1. The number of halogens is 6. The molecule has 1 amide bonds. The number of alkyl halides is 3. The highest BCUT2D eigenvalue weighted by atomic mass is 35.5. The van der Waals surface area contributed by atoms with Crippen molar-refractivity contribution in [2.75, 3.05) is 13.1 Å². The Morgan fingerprint density at radius 1 is 1.12 bits per heavy atom. The van der Waals surface area contributed by atoms with E-state index < -0.39 is 18.2 Å². The second kappa shape index (κ2) is 8.67. The number of hydrogen-bond donors (Lipinski definition) is 0. The van der Waals surface area contributed by atoms with Crippen LogP contribution < -0.4 is 0 Å². The number of nitrogens with zero attached hydrogens (tertiary/aromatic N) is 2. The fraction of sp³-hybridized carbons (Fsp3) is 0.391. The smallest absolute Gasteiger partial charge is 0.374 e. The minimum Gasteiger partial charge on any atom is -0.374 e. The molecule has 0 spiro atoms. The summed E-state index contributed by atoms with van der Waals surface area (Å²) in [6, 6.07) is 9.35. The monoisotopic (exact) mass is 518 g/mol. The fourth-order valence-corrected chi connectivity index (χ4v) is 4.63. The second-order valence-corrected chi connectivity index (χ2v) is 9.79. The van der Waals surface area contributed by atoms with E-state index in [0.29, 0.717) is 18.7 Å². The maximum Gasteiger partial charge on any atom is 0.435 e. The Bertz CT molecular complexity index is 1090. The summed E-state index contributed by atoms with van der Waals surface area (Å²) in [5, 5.41) is 3.54. The molecule has 176 valence electrons. The molecule has 2 aliphatic heterocycles. The Labute approximate surface area is 204 Å². The molecule has 1 unspecified atom stereocenters. The second-order valence-electron chi connectivity index (χ2n) is 8.60. The quantitative estimate of drug-likeness (QED) is 0.416. The zero-order valence-electron chi connectivity index (χ0n) is 17.7. The summed E-state index contributed by atoms with van der Waals surface area (Å²) in [7, 11) is 0. The minimum absolute atomic E-state index is 0.0289. The highest BCUT2D eigenvalue weighted by molar-refractivity contribution is 6.48. The van der Waals surface area contributed by atoms with Gasteiger partial charge in [-0.05, 0) is 23.3 Å². The van der Waals surface area contributed by atoms with Crippen LogP contribution in [0.15, 0.2) is 41.6 Å². The zero-order valence-corrected chi connectivity index (χ0v) is 20.0. The third-order valence-corrected chi connectivity index (χ3v) is 7.24. The normalized spacial score (nSPS) is 21.1. The van der Waals surface area contributed by atoms with E-state index in [2.05, 4.69) is 5.16 Å². The van der Waals surface area contributed by atoms with Crippen molar-refractivity contribution in [1.29, 1.82) is 0 Å². The van der Waals surface area contributed by atoms with Gasteiger partial charge in [-0.1, -0.05) is 78.1 Å². The van der Waals surface area contributed by atoms with Gasteiger partial charge in [-0.3, -0.25) is 4.79 Å². The van der Waals surface area contributed by atoms with E-state index in [0.717, 1.165) is 17.7 Å². The first-order valence-corrected chi connectivity index (χ1v) is 11.4. The molecule has 0 aromatic heterocycles. The average molecular weight is 520 g/mol. The minimum atomic E-state index is -4.78. The standard InChI is InChI=1S/C23H20Cl3F3N2O2/c1-12(2)21(32)31-10-15(11-31)13-3-5-14(6-4-13)19-9-22(33-30-19,23(27,28)29)16-7-17(24)20(26)18(25)8-16/h3-8,12,15H,9-11H2,1-2H3. The van der Waals surface area contributed by atoms with E-state index >= 15 is 0 Å². The summed E-state index contributed by atoms with van der Waals surface area (Å²) >= 11 is 17.9. The van der Waals surface area contributed by atoms with E-state index in [4.69, 9.17) is 39.6 Å². The van der Waals surface area contributed by atoms with Crippen LogP contribution in [0.2, 0.25) is 15.1 Å². The van der Waals surface area contributed by atoms with Crippen LogP contribution in [0.4, 0.5) is 13.2 Å². The molecule has 2 aromatic carbocycles. The van der Waals surface area contributed by atoms with E-state index in [9.17, 15) is 18.0 Å². The first-order chi connectivity index (χ1) is 15.4. The number of rotatable bonds is 4. The zero-order chi connectivity index (χ0) is 24.1. The number of benzene rings is 2. The van der Waals surface area contributed by atoms with Gasteiger partial charge in [0, 0.05) is 36.9 Å². The lowest BCUT2D eigenvalue weighted by Crippen LogP contribution is -2.49. The molecular weight excluding hydrogens is 500 g/mol. The number of amides is 1. The summed E-state index contributed by atoms with van der Waals surface area (Å²) in [4.78, 5) is 18.9. The van der Waals surface area contributed by atoms with Crippen LogP contribution in [-0.2, 0) is 15.2 Å². The molecule has 0 saturated carbocycles. The SMILES string of the molecule is CC(C)C(=O)N1CC(c2ccc(C3=NOC(c4cc(Cl)c(Cl)c(Cl)c4)(C(F)(F)F)C3)cc2)C1. The molecule has 0 aliphatic carbocycles. The van der Waals surface area contributed by atoms with Gasteiger partial charge in [0.1, 0.15) is 0 Å². The van der Waals surface area contributed by atoms with E-state index in [1.54, 1.807) is 17.0 Å². The molecule has 2 aliphatic rings. The van der Waals surface area contributed by atoms with Crippen molar-refractivity contribution in [3.63, 3.8) is 0 Å². The van der Waals surface area contributed by atoms with Crippen molar-refractivity contribution >= 4 is 46.4 Å².